The molecular formula is C19H22N2O7. The van der Waals surface area contributed by atoms with Crippen LogP contribution in [-0.4, -0.2) is 61.4 Å². The molecule has 0 aliphatic heterocycles. The predicted molar refractivity (Wildman–Crippen MR) is 101 cm³/mol. The molecule has 0 aliphatic rings. The Morgan fingerprint density at radius 2 is 1.79 bits per heavy atom. The highest BCUT2D eigenvalue weighted by Gasteiger charge is 2.21. The summed E-state index contributed by atoms with van der Waals surface area (Å²) in [6, 6.07) is 10.8. The van der Waals surface area contributed by atoms with Gasteiger partial charge in [-0.3, -0.25) is 14.9 Å². The molecule has 0 unspecified atom stereocenters. The van der Waals surface area contributed by atoms with Gasteiger partial charge < -0.3 is 24.2 Å². The Morgan fingerprint density at radius 1 is 1.14 bits per heavy atom. The van der Waals surface area contributed by atoms with E-state index in [0.29, 0.717) is 11.5 Å². The zero-order valence-corrected chi connectivity index (χ0v) is 15.8. The fraction of sp³-hybridized carbons (Fsp3) is 0.316. The summed E-state index contributed by atoms with van der Waals surface area (Å²) in [5.41, 5.74) is -0.177. The topological polar surface area (TPSA) is 111 Å². The van der Waals surface area contributed by atoms with Crippen LogP contribution >= 0.6 is 0 Å². The Morgan fingerprint density at radius 3 is 2.36 bits per heavy atom. The maximum atomic E-state index is 12.5. The van der Waals surface area contributed by atoms with E-state index in [1.165, 1.54) is 31.2 Å². The lowest BCUT2D eigenvalue weighted by atomic mass is 10.1. The van der Waals surface area contributed by atoms with Gasteiger partial charge in [-0.05, 0) is 36.4 Å². The zero-order valence-electron chi connectivity index (χ0n) is 15.8. The van der Waals surface area contributed by atoms with E-state index in [1.807, 2.05) is 0 Å². The first-order valence-corrected chi connectivity index (χ1v) is 8.38. The maximum Gasteiger partial charge on any atom is 0.311 e. The van der Waals surface area contributed by atoms with Crippen molar-refractivity contribution >= 4 is 11.6 Å². The van der Waals surface area contributed by atoms with Crippen molar-refractivity contribution in [1.82, 2.24) is 4.90 Å². The van der Waals surface area contributed by atoms with Crippen LogP contribution in [0.25, 0.3) is 0 Å². The molecule has 0 radical (unpaired) electrons. The summed E-state index contributed by atoms with van der Waals surface area (Å²) >= 11 is 0. The standard InChI is InChI=1S/C19H22N2O7/c1-20(11-14(22)12-28-16-7-5-15(26-2)6-8-16)19(23)13-4-9-18(27-3)17(10-13)21(24)25/h4-10,14,22H,11-12H2,1-3H3/t14-/m1/s1. The second kappa shape index (κ2) is 9.56. The second-order valence-corrected chi connectivity index (χ2v) is 5.97. The van der Waals surface area contributed by atoms with E-state index in [9.17, 15) is 20.0 Å². The second-order valence-electron chi connectivity index (χ2n) is 5.97. The molecule has 0 fully saturated rings. The van der Waals surface area contributed by atoms with Gasteiger partial charge in [0.05, 0.1) is 19.1 Å². The van der Waals surface area contributed by atoms with Crippen molar-refractivity contribution in [2.75, 3.05) is 34.4 Å². The van der Waals surface area contributed by atoms with E-state index in [-0.39, 0.29) is 30.2 Å². The Kier molecular flexibility index (Phi) is 7.16. The van der Waals surface area contributed by atoms with Crippen molar-refractivity contribution in [3.05, 3.63) is 58.1 Å². The van der Waals surface area contributed by atoms with Crippen LogP contribution in [-0.2, 0) is 0 Å². The number of nitro groups is 1. The number of rotatable bonds is 9. The molecule has 0 saturated carbocycles. The lowest BCUT2D eigenvalue weighted by Crippen LogP contribution is -2.37. The van der Waals surface area contributed by atoms with Gasteiger partial charge in [-0.25, -0.2) is 0 Å². The van der Waals surface area contributed by atoms with Gasteiger partial charge in [0.25, 0.3) is 5.91 Å². The number of hydrogen-bond donors (Lipinski definition) is 1. The molecule has 1 atom stereocenters. The molecular weight excluding hydrogens is 368 g/mol. The average molecular weight is 390 g/mol. The first-order valence-electron chi connectivity index (χ1n) is 8.38. The number of ether oxygens (including phenoxy) is 3. The smallest absolute Gasteiger partial charge is 0.311 e. The van der Waals surface area contributed by atoms with E-state index in [0.717, 1.165) is 6.07 Å². The van der Waals surface area contributed by atoms with E-state index >= 15 is 0 Å². The van der Waals surface area contributed by atoms with Crippen LogP contribution in [0.3, 0.4) is 0 Å². The van der Waals surface area contributed by atoms with Gasteiger partial charge in [-0.2, -0.15) is 0 Å². The first-order chi connectivity index (χ1) is 13.3. The minimum absolute atomic E-state index is 0.00514. The summed E-state index contributed by atoms with van der Waals surface area (Å²) in [6.07, 6.45) is -0.940. The molecule has 1 N–H and O–H groups in total. The summed E-state index contributed by atoms with van der Waals surface area (Å²) in [7, 11) is 4.37. The lowest BCUT2D eigenvalue weighted by molar-refractivity contribution is -0.385. The number of carbonyl (C=O) groups excluding carboxylic acids is 1. The van der Waals surface area contributed by atoms with Gasteiger partial charge in [0.2, 0.25) is 0 Å². The fourth-order valence-corrected chi connectivity index (χ4v) is 2.50. The third-order valence-corrected chi connectivity index (χ3v) is 3.96. The van der Waals surface area contributed by atoms with E-state index in [1.54, 1.807) is 31.4 Å². The van der Waals surface area contributed by atoms with Crippen molar-refractivity contribution in [3.63, 3.8) is 0 Å². The Balaban J connectivity index is 1.95. The molecule has 0 saturated heterocycles. The summed E-state index contributed by atoms with van der Waals surface area (Å²) in [4.78, 5) is 24.2. The number of aliphatic hydroxyl groups excluding tert-OH is 1. The molecule has 0 aliphatic carbocycles. The minimum atomic E-state index is -0.940. The highest BCUT2D eigenvalue weighted by atomic mass is 16.6. The minimum Gasteiger partial charge on any atom is -0.497 e. The van der Waals surface area contributed by atoms with E-state index in [2.05, 4.69) is 0 Å². The van der Waals surface area contributed by atoms with Crippen LogP contribution in [0.15, 0.2) is 42.5 Å². The van der Waals surface area contributed by atoms with Crippen LogP contribution in [0.2, 0.25) is 0 Å². The number of nitrogens with zero attached hydrogens (tertiary/aromatic N) is 2. The van der Waals surface area contributed by atoms with Crippen molar-refractivity contribution < 1.29 is 29.0 Å². The van der Waals surface area contributed by atoms with Gasteiger partial charge in [-0.15, -0.1) is 0 Å². The molecule has 0 spiro atoms. The van der Waals surface area contributed by atoms with E-state index in [4.69, 9.17) is 14.2 Å². The first kappa shape index (κ1) is 21.0. The molecule has 2 rings (SSSR count). The monoisotopic (exact) mass is 390 g/mol. The molecule has 150 valence electrons. The maximum absolute atomic E-state index is 12.5. The summed E-state index contributed by atoms with van der Waals surface area (Å²) in [5, 5.41) is 21.2. The average Bonchev–Trinajstić information content (AvgIpc) is 2.71. The number of methoxy groups -OCH3 is 2. The van der Waals surface area contributed by atoms with Crippen molar-refractivity contribution in [3.8, 4) is 17.2 Å². The van der Waals surface area contributed by atoms with Crippen LogP contribution in [0.4, 0.5) is 5.69 Å². The highest BCUT2D eigenvalue weighted by Crippen LogP contribution is 2.28. The van der Waals surface area contributed by atoms with Crippen molar-refractivity contribution in [1.29, 1.82) is 0 Å². The van der Waals surface area contributed by atoms with Gasteiger partial charge in [0.1, 0.15) is 24.2 Å². The summed E-state index contributed by atoms with van der Waals surface area (Å²) in [5.74, 6) is 0.845. The number of carbonyl (C=O) groups is 1. The van der Waals surface area contributed by atoms with Crippen LogP contribution in [0.1, 0.15) is 10.4 Å². The van der Waals surface area contributed by atoms with Crippen molar-refractivity contribution in [2.24, 2.45) is 0 Å². The fourth-order valence-electron chi connectivity index (χ4n) is 2.50. The SMILES string of the molecule is COc1ccc(OC[C@H](O)CN(C)C(=O)c2ccc(OC)c([N+](=O)[O-])c2)cc1. The van der Waals surface area contributed by atoms with Crippen LogP contribution < -0.4 is 14.2 Å². The molecule has 2 aromatic rings. The number of hydrogen-bond acceptors (Lipinski definition) is 7. The highest BCUT2D eigenvalue weighted by molar-refractivity contribution is 5.95. The molecule has 9 heteroatoms. The predicted octanol–water partition coefficient (Wildman–Crippen LogP) is 2.12. The third-order valence-electron chi connectivity index (χ3n) is 3.96. The molecule has 0 heterocycles. The largest absolute Gasteiger partial charge is 0.497 e. The van der Waals surface area contributed by atoms with Gasteiger partial charge >= 0.3 is 5.69 Å². The Hall–Kier alpha value is -3.33. The third kappa shape index (κ3) is 5.34. The van der Waals surface area contributed by atoms with Crippen LogP contribution in [0, 0.1) is 10.1 Å². The number of aliphatic hydroxyl groups is 1. The number of benzene rings is 2. The quantitative estimate of drug-likeness (QED) is 0.516. The normalized spacial score (nSPS) is 11.4. The molecule has 28 heavy (non-hydrogen) atoms. The van der Waals surface area contributed by atoms with E-state index < -0.39 is 16.9 Å². The Bertz CT molecular complexity index is 824. The van der Waals surface area contributed by atoms with Crippen LogP contribution in [0.5, 0.6) is 17.2 Å². The molecule has 1 amide bonds. The number of amides is 1. The number of nitro benzene ring substituents is 1. The zero-order chi connectivity index (χ0) is 20.7. The summed E-state index contributed by atoms with van der Waals surface area (Å²) in [6.45, 7) is -0.0263. The van der Waals surface area contributed by atoms with Gasteiger partial charge in [-0.1, -0.05) is 0 Å². The number of likely N-dealkylation sites (N-methyl/N-ethyl adjacent to an activating group) is 1. The Labute approximate surface area is 162 Å². The van der Waals surface area contributed by atoms with Crippen molar-refractivity contribution in [2.45, 2.75) is 6.10 Å². The molecule has 0 aromatic heterocycles. The van der Waals surface area contributed by atoms with Gasteiger partial charge in [0.15, 0.2) is 5.75 Å². The summed E-state index contributed by atoms with van der Waals surface area (Å²) < 4.78 is 15.5. The molecule has 2 aromatic carbocycles. The molecule has 0 bridgehead atoms. The van der Waals surface area contributed by atoms with Gasteiger partial charge in [0, 0.05) is 25.2 Å². The molecule has 9 nitrogen and oxygen atoms in total. The lowest BCUT2D eigenvalue weighted by Gasteiger charge is -2.21.